The van der Waals surface area contributed by atoms with Crippen molar-refractivity contribution in [2.75, 3.05) is 12.1 Å². The van der Waals surface area contributed by atoms with E-state index >= 15 is 0 Å². The number of nitrogens with zero attached hydrogens (tertiary/aromatic N) is 2. The van der Waals surface area contributed by atoms with Gasteiger partial charge in [0.05, 0.1) is 12.7 Å². The van der Waals surface area contributed by atoms with E-state index in [9.17, 15) is 4.79 Å². The maximum Gasteiger partial charge on any atom is 0.274 e. The van der Waals surface area contributed by atoms with Crippen molar-refractivity contribution in [2.45, 2.75) is 13.0 Å². The highest BCUT2D eigenvalue weighted by Gasteiger charge is 2.13. The minimum atomic E-state index is -0.297. The monoisotopic (exact) mass is 326 g/mol. The van der Waals surface area contributed by atoms with Crippen LogP contribution in [0.3, 0.4) is 0 Å². The first kappa shape index (κ1) is 14.3. The normalized spacial score (nSPS) is 12.3. The zero-order chi connectivity index (χ0) is 16.4. The largest absolute Gasteiger partial charge is 0.469 e. The predicted octanol–water partition coefficient (Wildman–Crippen LogP) is 1.69. The summed E-state index contributed by atoms with van der Waals surface area (Å²) >= 11 is 0. The average Bonchev–Trinajstić information content (AvgIpc) is 3.26. The molecule has 2 aromatic heterocycles. The van der Waals surface area contributed by atoms with E-state index in [0.29, 0.717) is 36.1 Å². The zero-order valence-electron chi connectivity index (χ0n) is 12.6. The second-order valence-corrected chi connectivity index (χ2v) is 5.25. The molecule has 0 saturated heterocycles. The summed E-state index contributed by atoms with van der Waals surface area (Å²) in [6, 6.07) is 9.19. The van der Waals surface area contributed by atoms with Gasteiger partial charge in [-0.1, -0.05) is 6.07 Å². The lowest BCUT2D eigenvalue weighted by Gasteiger charge is -2.06. The summed E-state index contributed by atoms with van der Waals surface area (Å²) in [6.07, 6.45) is 1.86. The summed E-state index contributed by atoms with van der Waals surface area (Å²) in [4.78, 5) is 14.7. The quantitative estimate of drug-likeness (QED) is 0.735. The molecule has 0 saturated carbocycles. The Morgan fingerprint density at radius 3 is 2.92 bits per heavy atom. The summed E-state index contributed by atoms with van der Waals surface area (Å²) in [6.45, 7) is 0.709. The van der Waals surface area contributed by atoms with E-state index < -0.39 is 0 Å². The molecule has 0 bridgehead atoms. The van der Waals surface area contributed by atoms with Crippen molar-refractivity contribution in [1.82, 2.24) is 15.2 Å². The van der Waals surface area contributed by atoms with Gasteiger partial charge in [-0.05, 0) is 29.8 Å². The van der Waals surface area contributed by atoms with Gasteiger partial charge in [0, 0.05) is 6.54 Å². The SMILES string of the molecule is O=c1[nH]c(NCc2ccc3c(c2)OCO3)nnc1Cc1ccco1. The third-order valence-corrected chi connectivity index (χ3v) is 3.58. The molecule has 2 N–H and O–H groups in total. The number of aromatic nitrogens is 3. The number of nitrogens with one attached hydrogen (secondary N) is 2. The van der Waals surface area contributed by atoms with Gasteiger partial charge in [-0.15, -0.1) is 10.2 Å². The summed E-state index contributed by atoms with van der Waals surface area (Å²) < 4.78 is 15.8. The van der Waals surface area contributed by atoms with Gasteiger partial charge in [-0.2, -0.15) is 0 Å². The van der Waals surface area contributed by atoms with E-state index in [1.165, 1.54) is 0 Å². The van der Waals surface area contributed by atoms with Crippen molar-refractivity contribution in [3.8, 4) is 11.5 Å². The topological polar surface area (TPSA) is 102 Å². The van der Waals surface area contributed by atoms with Crippen LogP contribution >= 0.6 is 0 Å². The Hall–Kier alpha value is -3.29. The summed E-state index contributed by atoms with van der Waals surface area (Å²) in [5.74, 6) is 2.41. The summed E-state index contributed by atoms with van der Waals surface area (Å²) in [5, 5.41) is 11.0. The Morgan fingerprint density at radius 2 is 2.08 bits per heavy atom. The second-order valence-electron chi connectivity index (χ2n) is 5.25. The van der Waals surface area contributed by atoms with E-state index in [-0.39, 0.29) is 12.4 Å². The number of anilines is 1. The molecule has 1 aliphatic heterocycles. The lowest BCUT2D eigenvalue weighted by Crippen LogP contribution is -2.19. The molecule has 24 heavy (non-hydrogen) atoms. The van der Waals surface area contributed by atoms with Crippen LogP contribution in [0, 0.1) is 0 Å². The number of fused-ring (bicyclic) bond motifs is 1. The number of ether oxygens (including phenoxy) is 2. The van der Waals surface area contributed by atoms with Gasteiger partial charge in [-0.3, -0.25) is 9.78 Å². The first-order valence-electron chi connectivity index (χ1n) is 7.38. The van der Waals surface area contributed by atoms with Crippen LogP contribution in [0.25, 0.3) is 0 Å². The number of H-pyrrole nitrogens is 1. The van der Waals surface area contributed by atoms with Crippen LogP contribution in [0.15, 0.2) is 45.8 Å². The van der Waals surface area contributed by atoms with Gasteiger partial charge < -0.3 is 19.2 Å². The fourth-order valence-corrected chi connectivity index (χ4v) is 2.37. The van der Waals surface area contributed by atoms with E-state index in [4.69, 9.17) is 13.9 Å². The van der Waals surface area contributed by atoms with Crippen LogP contribution in [-0.2, 0) is 13.0 Å². The number of rotatable bonds is 5. The standard InChI is InChI=1S/C16H14N4O4/c21-15-12(7-11-2-1-5-22-11)19-20-16(18-15)17-8-10-3-4-13-14(6-10)24-9-23-13/h1-6H,7-9H2,(H2,17,18,20,21). The molecule has 0 atom stereocenters. The van der Waals surface area contributed by atoms with E-state index in [0.717, 1.165) is 11.3 Å². The Morgan fingerprint density at radius 1 is 1.17 bits per heavy atom. The van der Waals surface area contributed by atoms with Crippen LogP contribution in [-0.4, -0.2) is 22.0 Å². The van der Waals surface area contributed by atoms with Gasteiger partial charge in [0.2, 0.25) is 12.7 Å². The average molecular weight is 326 g/mol. The van der Waals surface area contributed by atoms with Crippen molar-refractivity contribution in [3.63, 3.8) is 0 Å². The van der Waals surface area contributed by atoms with Crippen LogP contribution in [0.4, 0.5) is 5.95 Å². The lowest BCUT2D eigenvalue weighted by molar-refractivity contribution is 0.174. The first-order chi connectivity index (χ1) is 11.8. The molecule has 4 rings (SSSR count). The molecule has 1 aromatic carbocycles. The van der Waals surface area contributed by atoms with Gasteiger partial charge in [-0.25, -0.2) is 0 Å². The fraction of sp³-hybridized carbons (Fsp3) is 0.188. The molecule has 0 fully saturated rings. The lowest BCUT2D eigenvalue weighted by atomic mass is 10.2. The third-order valence-electron chi connectivity index (χ3n) is 3.58. The van der Waals surface area contributed by atoms with Crippen molar-refractivity contribution in [3.05, 3.63) is 64.0 Å². The maximum atomic E-state index is 12.1. The van der Waals surface area contributed by atoms with E-state index in [1.807, 2.05) is 18.2 Å². The van der Waals surface area contributed by atoms with Gasteiger partial charge >= 0.3 is 0 Å². The minimum absolute atomic E-state index is 0.238. The van der Waals surface area contributed by atoms with Crippen molar-refractivity contribution in [1.29, 1.82) is 0 Å². The Balaban J connectivity index is 1.43. The molecule has 0 amide bonds. The smallest absolute Gasteiger partial charge is 0.274 e. The van der Waals surface area contributed by atoms with Gasteiger partial charge in [0.25, 0.3) is 5.56 Å². The van der Waals surface area contributed by atoms with Crippen molar-refractivity contribution >= 4 is 5.95 Å². The molecule has 3 aromatic rings. The zero-order valence-corrected chi connectivity index (χ0v) is 12.6. The summed E-state index contributed by atoms with van der Waals surface area (Å²) in [5.41, 5.74) is 0.981. The van der Waals surface area contributed by atoms with Crippen LogP contribution in [0.2, 0.25) is 0 Å². The molecule has 1 aliphatic rings. The fourth-order valence-electron chi connectivity index (χ4n) is 2.37. The highest BCUT2D eigenvalue weighted by molar-refractivity contribution is 5.45. The molecule has 0 aliphatic carbocycles. The number of benzene rings is 1. The van der Waals surface area contributed by atoms with E-state index in [1.54, 1.807) is 18.4 Å². The highest BCUT2D eigenvalue weighted by atomic mass is 16.7. The van der Waals surface area contributed by atoms with Crippen molar-refractivity contribution in [2.24, 2.45) is 0 Å². The number of hydrogen-bond acceptors (Lipinski definition) is 7. The molecular formula is C16H14N4O4. The molecule has 8 nitrogen and oxygen atoms in total. The number of aromatic amines is 1. The molecule has 122 valence electrons. The number of hydrogen-bond donors (Lipinski definition) is 2. The maximum absolute atomic E-state index is 12.1. The van der Waals surface area contributed by atoms with Crippen LogP contribution in [0.5, 0.6) is 11.5 Å². The molecule has 8 heteroatoms. The summed E-state index contributed by atoms with van der Waals surface area (Å²) in [7, 11) is 0. The Bertz CT molecular complexity index is 905. The third kappa shape index (κ3) is 2.94. The molecular weight excluding hydrogens is 312 g/mol. The highest BCUT2D eigenvalue weighted by Crippen LogP contribution is 2.32. The van der Waals surface area contributed by atoms with Crippen LogP contribution < -0.4 is 20.3 Å². The predicted molar refractivity (Wildman–Crippen MR) is 84.1 cm³/mol. The minimum Gasteiger partial charge on any atom is -0.469 e. The first-order valence-corrected chi connectivity index (χ1v) is 7.38. The molecule has 0 radical (unpaired) electrons. The van der Waals surface area contributed by atoms with E-state index in [2.05, 4.69) is 20.5 Å². The Labute approximate surface area is 136 Å². The van der Waals surface area contributed by atoms with Gasteiger partial charge in [0.15, 0.2) is 11.5 Å². The molecule has 3 heterocycles. The molecule has 0 unspecified atom stereocenters. The second kappa shape index (κ2) is 6.07. The van der Waals surface area contributed by atoms with Crippen LogP contribution in [0.1, 0.15) is 17.0 Å². The molecule has 0 spiro atoms. The van der Waals surface area contributed by atoms with Gasteiger partial charge in [0.1, 0.15) is 11.5 Å². The number of furan rings is 1. The Kier molecular flexibility index (Phi) is 3.62. The van der Waals surface area contributed by atoms with Crippen molar-refractivity contribution < 1.29 is 13.9 Å².